The predicted molar refractivity (Wildman–Crippen MR) is 132 cm³/mol. The Bertz CT molecular complexity index is 668. The average molecular weight is 483 g/mol. The monoisotopic (exact) mass is 482 g/mol. The van der Waals surface area contributed by atoms with E-state index in [0.717, 1.165) is 68.4 Å². The molecule has 0 aromatic rings. The van der Waals surface area contributed by atoms with Gasteiger partial charge in [0.2, 0.25) is 0 Å². The largest absolute Gasteiger partial charge is 0.481 e. The van der Waals surface area contributed by atoms with E-state index in [9.17, 15) is 19.8 Å². The molecule has 188 valence electrons. The zero-order chi connectivity index (χ0) is 24.1. The molecule has 1 saturated carbocycles. The van der Waals surface area contributed by atoms with Gasteiger partial charge in [0.1, 0.15) is 5.76 Å². The summed E-state index contributed by atoms with van der Waals surface area (Å²) in [6, 6.07) is 0. The van der Waals surface area contributed by atoms with Crippen molar-refractivity contribution in [3.8, 4) is 0 Å². The van der Waals surface area contributed by atoms with Crippen LogP contribution in [0.4, 0.5) is 0 Å². The van der Waals surface area contributed by atoms with Gasteiger partial charge in [-0.05, 0) is 37.9 Å². The molecule has 2 aliphatic carbocycles. The molecule has 0 saturated heterocycles. The maximum Gasteiger partial charge on any atom is 0.314 e. The number of carbonyl (C=O) groups excluding carboxylic acids is 1. The van der Waals surface area contributed by atoms with E-state index in [4.69, 9.17) is 9.84 Å². The van der Waals surface area contributed by atoms with Gasteiger partial charge in [-0.1, -0.05) is 64.0 Å². The van der Waals surface area contributed by atoms with Crippen molar-refractivity contribution in [2.24, 2.45) is 11.8 Å². The standard InChI is InChI=1S/C26H42O6S/c1-2-3-6-13-20(27)15-16-21-22(28)18-23(32-26(31)19-11-7-4-8-12-19)25(21)33-17-10-5-9-14-24(29)30/h15-16,19-22,27-28H,2-14,17-18H2,1H3,(H,29,30)/t20-,21-,22+/m0/s1. The van der Waals surface area contributed by atoms with E-state index in [2.05, 4.69) is 6.92 Å². The van der Waals surface area contributed by atoms with Crippen molar-refractivity contribution in [2.45, 2.75) is 109 Å². The summed E-state index contributed by atoms with van der Waals surface area (Å²) in [5.41, 5.74) is 0. The van der Waals surface area contributed by atoms with Crippen LogP contribution in [0.3, 0.4) is 0 Å². The molecular formula is C26H42O6S. The molecule has 0 unspecified atom stereocenters. The number of hydrogen-bond donors (Lipinski definition) is 3. The molecule has 0 amide bonds. The Morgan fingerprint density at radius 2 is 1.88 bits per heavy atom. The van der Waals surface area contributed by atoms with Crippen LogP contribution in [-0.4, -0.2) is 45.2 Å². The van der Waals surface area contributed by atoms with E-state index in [1.807, 2.05) is 6.08 Å². The molecule has 0 bridgehead atoms. The number of carboxylic acids is 1. The third-order valence-electron chi connectivity index (χ3n) is 6.49. The lowest BCUT2D eigenvalue weighted by molar-refractivity contribution is -0.145. The molecule has 6 nitrogen and oxygen atoms in total. The van der Waals surface area contributed by atoms with Crippen LogP contribution >= 0.6 is 11.8 Å². The molecule has 1 fully saturated rings. The van der Waals surface area contributed by atoms with E-state index in [1.165, 1.54) is 6.42 Å². The smallest absolute Gasteiger partial charge is 0.314 e. The molecule has 7 heteroatoms. The zero-order valence-corrected chi connectivity index (χ0v) is 20.9. The van der Waals surface area contributed by atoms with Crippen molar-refractivity contribution < 1.29 is 29.6 Å². The lowest BCUT2D eigenvalue weighted by Gasteiger charge is -2.20. The van der Waals surface area contributed by atoms with Gasteiger partial charge in [-0.2, -0.15) is 0 Å². The fourth-order valence-electron chi connectivity index (χ4n) is 4.49. The molecular weight excluding hydrogens is 440 g/mol. The molecule has 3 N–H and O–H groups in total. The van der Waals surface area contributed by atoms with Crippen molar-refractivity contribution >= 4 is 23.7 Å². The molecule has 0 aliphatic heterocycles. The van der Waals surface area contributed by atoms with Crippen LogP contribution in [0.25, 0.3) is 0 Å². The molecule has 33 heavy (non-hydrogen) atoms. The molecule has 0 spiro atoms. The van der Waals surface area contributed by atoms with Crippen LogP contribution in [-0.2, 0) is 14.3 Å². The first-order valence-corrected chi connectivity index (χ1v) is 13.7. The van der Waals surface area contributed by atoms with Gasteiger partial charge in [-0.3, -0.25) is 9.59 Å². The molecule has 3 atom stereocenters. The van der Waals surface area contributed by atoms with Crippen LogP contribution < -0.4 is 0 Å². The SMILES string of the molecule is CCCCC[C@H](O)C=C[C@@H]1C(SCCCCCC(=O)O)=C(OC(=O)C2CCCCC2)C[C@H]1O. The van der Waals surface area contributed by atoms with E-state index in [1.54, 1.807) is 17.8 Å². The van der Waals surface area contributed by atoms with Gasteiger partial charge in [0.25, 0.3) is 0 Å². The number of aliphatic hydroxyl groups excluding tert-OH is 2. The van der Waals surface area contributed by atoms with E-state index in [-0.39, 0.29) is 24.2 Å². The Labute approximate surface area is 202 Å². The number of thioether (sulfide) groups is 1. The third kappa shape index (κ3) is 10.2. The minimum absolute atomic E-state index is 0.0550. The van der Waals surface area contributed by atoms with Gasteiger partial charge in [0, 0.05) is 23.7 Å². The molecule has 2 rings (SSSR count). The summed E-state index contributed by atoms with van der Waals surface area (Å²) < 4.78 is 5.85. The third-order valence-corrected chi connectivity index (χ3v) is 7.79. The number of aliphatic carboxylic acids is 1. The first kappa shape index (κ1) is 27.9. The Morgan fingerprint density at radius 3 is 2.58 bits per heavy atom. The van der Waals surface area contributed by atoms with Crippen molar-refractivity contribution in [3.63, 3.8) is 0 Å². The Hall–Kier alpha value is -1.31. The van der Waals surface area contributed by atoms with Gasteiger partial charge >= 0.3 is 11.9 Å². The number of ether oxygens (including phenoxy) is 1. The summed E-state index contributed by atoms with van der Waals surface area (Å²) in [4.78, 5) is 24.3. The fraction of sp³-hybridized carbons (Fsp3) is 0.769. The van der Waals surface area contributed by atoms with Crippen molar-refractivity contribution in [1.29, 1.82) is 0 Å². The first-order chi connectivity index (χ1) is 15.9. The summed E-state index contributed by atoms with van der Waals surface area (Å²) in [5, 5.41) is 29.8. The second-order valence-electron chi connectivity index (χ2n) is 9.34. The molecule has 0 aromatic heterocycles. The Morgan fingerprint density at radius 1 is 1.12 bits per heavy atom. The first-order valence-electron chi connectivity index (χ1n) is 12.8. The second-order valence-corrected chi connectivity index (χ2v) is 10.5. The number of aliphatic hydroxyl groups is 2. The number of unbranched alkanes of at least 4 members (excludes halogenated alkanes) is 4. The van der Waals surface area contributed by atoms with Crippen molar-refractivity contribution in [3.05, 3.63) is 22.8 Å². The van der Waals surface area contributed by atoms with Gasteiger partial charge in [0.05, 0.1) is 18.1 Å². The fourth-order valence-corrected chi connectivity index (χ4v) is 5.77. The maximum absolute atomic E-state index is 12.7. The molecule has 2 aliphatic rings. The van der Waals surface area contributed by atoms with Crippen LogP contribution in [0.15, 0.2) is 22.8 Å². The zero-order valence-electron chi connectivity index (χ0n) is 20.0. The summed E-state index contributed by atoms with van der Waals surface area (Å²) >= 11 is 1.59. The van der Waals surface area contributed by atoms with Crippen LogP contribution in [0, 0.1) is 11.8 Å². The number of carbonyl (C=O) groups is 2. The summed E-state index contributed by atoms with van der Waals surface area (Å²) in [5.74, 6) is 0.0492. The van der Waals surface area contributed by atoms with E-state index < -0.39 is 18.2 Å². The number of rotatable bonds is 15. The number of carboxylic acid groups (broad SMARTS) is 1. The van der Waals surface area contributed by atoms with Gasteiger partial charge in [-0.15, -0.1) is 11.8 Å². The number of esters is 1. The molecule has 0 aromatic carbocycles. The van der Waals surface area contributed by atoms with Gasteiger partial charge in [-0.25, -0.2) is 0 Å². The lowest BCUT2D eigenvalue weighted by atomic mass is 9.89. The summed E-state index contributed by atoms with van der Waals surface area (Å²) in [7, 11) is 0. The van der Waals surface area contributed by atoms with Crippen LogP contribution in [0.5, 0.6) is 0 Å². The highest BCUT2D eigenvalue weighted by molar-refractivity contribution is 8.03. The number of hydrogen-bond acceptors (Lipinski definition) is 6. The Kier molecular flexibility index (Phi) is 13.2. The van der Waals surface area contributed by atoms with Crippen LogP contribution in [0.2, 0.25) is 0 Å². The highest BCUT2D eigenvalue weighted by atomic mass is 32.2. The van der Waals surface area contributed by atoms with Gasteiger partial charge < -0.3 is 20.1 Å². The minimum atomic E-state index is -0.774. The average Bonchev–Trinajstić information content (AvgIpc) is 3.09. The lowest BCUT2D eigenvalue weighted by Crippen LogP contribution is -2.20. The minimum Gasteiger partial charge on any atom is -0.481 e. The highest BCUT2D eigenvalue weighted by Gasteiger charge is 2.36. The van der Waals surface area contributed by atoms with E-state index in [0.29, 0.717) is 25.0 Å². The molecule has 0 radical (unpaired) electrons. The maximum atomic E-state index is 12.7. The highest BCUT2D eigenvalue weighted by Crippen LogP contribution is 2.42. The second kappa shape index (κ2) is 15.6. The quantitative estimate of drug-likeness (QED) is 0.159. The molecule has 0 heterocycles. The predicted octanol–water partition coefficient (Wildman–Crippen LogP) is 5.58. The summed E-state index contributed by atoms with van der Waals surface area (Å²) in [6.45, 7) is 2.13. The van der Waals surface area contributed by atoms with E-state index >= 15 is 0 Å². The van der Waals surface area contributed by atoms with Crippen LogP contribution in [0.1, 0.15) is 96.8 Å². The Balaban J connectivity index is 2.02. The summed E-state index contributed by atoms with van der Waals surface area (Å²) in [6.07, 6.45) is 14.1. The normalized spacial score (nSPS) is 22.8. The van der Waals surface area contributed by atoms with Crippen molar-refractivity contribution in [2.75, 3.05) is 5.75 Å². The van der Waals surface area contributed by atoms with Crippen molar-refractivity contribution in [1.82, 2.24) is 0 Å². The van der Waals surface area contributed by atoms with Gasteiger partial charge in [0.15, 0.2) is 0 Å². The topological polar surface area (TPSA) is 104 Å².